The monoisotopic (exact) mass is 444 g/mol. The van der Waals surface area contributed by atoms with Gasteiger partial charge in [0.05, 0.1) is 23.1 Å². The van der Waals surface area contributed by atoms with Gasteiger partial charge in [-0.2, -0.15) is 5.10 Å². The third kappa shape index (κ3) is 4.69. The first-order valence-electron chi connectivity index (χ1n) is 9.96. The molecule has 1 aliphatic heterocycles. The maximum atomic E-state index is 13.2. The van der Waals surface area contributed by atoms with E-state index in [9.17, 15) is 4.79 Å². The zero-order valence-corrected chi connectivity index (χ0v) is 18.7. The van der Waals surface area contributed by atoms with Crippen molar-refractivity contribution in [2.45, 2.75) is 32.6 Å². The first-order valence-corrected chi connectivity index (χ1v) is 10.3. The van der Waals surface area contributed by atoms with Gasteiger partial charge in [0.2, 0.25) is 0 Å². The molecule has 3 aromatic rings. The van der Waals surface area contributed by atoms with Gasteiger partial charge in [0, 0.05) is 16.6 Å². The molecule has 1 aliphatic rings. The Morgan fingerprint density at radius 1 is 1.10 bits per heavy atom. The molecule has 5 nitrogen and oxygen atoms in total. The minimum absolute atomic E-state index is 0. The van der Waals surface area contributed by atoms with Gasteiger partial charge >= 0.3 is 0 Å². The Labute approximate surface area is 188 Å². The van der Waals surface area contributed by atoms with Gasteiger partial charge in [-0.25, -0.2) is 4.68 Å². The third-order valence-corrected chi connectivity index (χ3v) is 5.86. The molecule has 2 heterocycles. The molecule has 2 aromatic carbocycles. The van der Waals surface area contributed by atoms with E-state index in [4.69, 9.17) is 11.6 Å². The van der Waals surface area contributed by atoms with Crippen molar-refractivity contribution < 1.29 is 4.79 Å². The fourth-order valence-electron chi connectivity index (χ4n) is 3.83. The van der Waals surface area contributed by atoms with Crippen LogP contribution in [0.5, 0.6) is 0 Å². The average molecular weight is 445 g/mol. The Morgan fingerprint density at radius 2 is 1.80 bits per heavy atom. The van der Waals surface area contributed by atoms with Gasteiger partial charge in [-0.05, 0) is 87.3 Å². The number of nitrogens with zero attached hydrogens (tertiary/aromatic N) is 2. The summed E-state index contributed by atoms with van der Waals surface area (Å²) in [4.78, 5) is 13.2. The Morgan fingerprint density at radius 3 is 2.47 bits per heavy atom. The van der Waals surface area contributed by atoms with Crippen molar-refractivity contribution in [3.8, 4) is 5.69 Å². The van der Waals surface area contributed by atoms with Crippen LogP contribution in [0.2, 0.25) is 5.02 Å². The van der Waals surface area contributed by atoms with Crippen molar-refractivity contribution in [3.05, 3.63) is 76.1 Å². The van der Waals surface area contributed by atoms with Crippen LogP contribution in [0.3, 0.4) is 0 Å². The summed E-state index contributed by atoms with van der Waals surface area (Å²) in [5.74, 6) is 0.150. The molecule has 0 aliphatic carbocycles. The number of aryl methyl sites for hydroxylation is 2. The van der Waals surface area contributed by atoms with E-state index in [-0.39, 0.29) is 24.2 Å². The van der Waals surface area contributed by atoms with Crippen LogP contribution in [0.25, 0.3) is 5.69 Å². The van der Waals surface area contributed by atoms with Crippen molar-refractivity contribution >= 4 is 35.6 Å². The topological polar surface area (TPSA) is 59.0 Å². The molecule has 30 heavy (non-hydrogen) atoms. The maximum absolute atomic E-state index is 13.2. The first kappa shape index (κ1) is 22.3. The fourth-order valence-corrected chi connectivity index (χ4v) is 3.95. The predicted octanol–water partition coefficient (Wildman–Crippen LogP) is 5.28. The van der Waals surface area contributed by atoms with Crippen LogP contribution in [0, 0.1) is 13.8 Å². The number of hydrogen-bond donors (Lipinski definition) is 2. The van der Waals surface area contributed by atoms with Gasteiger partial charge in [0.25, 0.3) is 5.91 Å². The number of rotatable bonds is 4. The Bertz CT molecular complexity index is 1020. The molecule has 0 unspecified atom stereocenters. The fraction of sp³-hybridized carbons (Fsp3) is 0.304. The molecule has 0 saturated carbocycles. The second kappa shape index (κ2) is 9.65. The van der Waals surface area contributed by atoms with Gasteiger partial charge in [-0.3, -0.25) is 4.79 Å². The van der Waals surface area contributed by atoms with Crippen LogP contribution in [-0.4, -0.2) is 28.8 Å². The number of hydrogen-bond acceptors (Lipinski definition) is 3. The molecular formula is C23H26Cl2N4O. The summed E-state index contributed by atoms with van der Waals surface area (Å²) in [7, 11) is 0. The van der Waals surface area contributed by atoms with Crippen LogP contribution >= 0.6 is 24.0 Å². The highest BCUT2D eigenvalue weighted by atomic mass is 35.5. The molecule has 0 atom stereocenters. The van der Waals surface area contributed by atoms with Crippen molar-refractivity contribution in [3.63, 3.8) is 0 Å². The Balaban J connectivity index is 0.00000256. The molecule has 158 valence electrons. The highest BCUT2D eigenvalue weighted by molar-refractivity contribution is 6.30. The van der Waals surface area contributed by atoms with Crippen LogP contribution in [-0.2, 0) is 0 Å². The summed E-state index contributed by atoms with van der Waals surface area (Å²) in [5.41, 5.74) is 5.66. The molecule has 4 rings (SSSR count). The number of anilines is 1. The van der Waals surface area contributed by atoms with Gasteiger partial charge in [-0.1, -0.05) is 17.7 Å². The molecule has 0 radical (unpaired) electrons. The first-order chi connectivity index (χ1) is 14.0. The smallest absolute Gasteiger partial charge is 0.259 e. The predicted molar refractivity (Wildman–Crippen MR) is 125 cm³/mol. The molecule has 1 amide bonds. The minimum atomic E-state index is -0.123. The lowest BCUT2D eigenvalue weighted by Crippen LogP contribution is -2.29. The minimum Gasteiger partial charge on any atom is -0.322 e. The van der Waals surface area contributed by atoms with E-state index in [1.165, 1.54) is 5.56 Å². The van der Waals surface area contributed by atoms with Gasteiger partial charge < -0.3 is 10.6 Å². The Kier molecular flexibility index (Phi) is 7.19. The van der Waals surface area contributed by atoms with E-state index in [0.717, 1.165) is 48.6 Å². The summed E-state index contributed by atoms with van der Waals surface area (Å²) in [6, 6.07) is 13.5. The third-order valence-electron chi connectivity index (χ3n) is 5.61. The average Bonchev–Trinajstić information content (AvgIpc) is 3.17. The lowest BCUT2D eigenvalue weighted by Gasteiger charge is -2.24. The van der Waals surface area contributed by atoms with E-state index >= 15 is 0 Å². The number of nitrogens with one attached hydrogen (secondary N) is 2. The quantitative estimate of drug-likeness (QED) is 0.574. The standard InChI is InChI=1S/C23H25ClN4O.ClH/c1-15-3-6-19(13-16(15)2)27-23(29)21-14-26-28(20-7-4-18(24)5-8-20)22(21)17-9-11-25-12-10-17;/h3-8,13-14,17,25H,9-12H2,1-2H3,(H,27,29);1H. The summed E-state index contributed by atoms with van der Waals surface area (Å²) in [6.07, 6.45) is 3.63. The van der Waals surface area contributed by atoms with Crippen molar-refractivity contribution in [2.75, 3.05) is 18.4 Å². The molecular weight excluding hydrogens is 419 g/mol. The number of aromatic nitrogens is 2. The Hall–Kier alpha value is -2.34. The molecule has 1 fully saturated rings. The van der Waals surface area contributed by atoms with E-state index in [1.54, 1.807) is 6.20 Å². The van der Waals surface area contributed by atoms with Crippen molar-refractivity contribution in [1.29, 1.82) is 0 Å². The maximum Gasteiger partial charge on any atom is 0.259 e. The van der Waals surface area contributed by atoms with Gasteiger partial charge in [0.1, 0.15) is 0 Å². The van der Waals surface area contributed by atoms with E-state index in [2.05, 4.69) is 22.7 Å². The number of halogens is 2. The van der Waals surface area contributed by atoms with Crippen molar-refractivity contribution in [2.24, 2.45) is 0 Å². The van der Waals surface area contributed by atoms with Crippen LogP contribution in [0.15, 0.2) is 48.7 Å². The summed E-state index contributed by atoms with van der Waals surface area (Å²) in [6.45, 7) is 5.99. The van der Waals surface area contributed by atoms with Gasteiger partial charge in [-0.15, -0.1) is 12.4 Å². The second-order valence-electron chi connectivity index (χ2n) is 7.61. The molecule has 2 N–H and O–H groups in total. The van der Waals surface area contributed by atoms with Crippen LogP contribution in [0.4, 0.5) is 5.69 Å². The molecule has 7 heteroatoms. The molecule has 1 aromatic heterocycles. The molecule has 0 spiro atoms. The normalized spacial score (nSPS) is 14.2. The van der Waals surface area contributed by atoms with Crippen LogP contribution < -0.4 is 10.6 Å². The van der Waals surface area contributed by atoms with Gasteiger partial charge in [0.15, 0.2) is 0 Å². The zero-order valence-electron chi connectivity index (χ0n) is 17.1. The summed E-state index contributed by atoms with van der Waals surface area (Å²) < 4.78 is 1.89. The highest BCUT2D eigenvalue weighted by Crippen LogP contribution is 2.31. The molecule has 0 bridgehead atoms. The lowest BCUT2D eigenvalue weighted by atomic mass is 9.91. The number of benzene rings is 2. The highest BCUT2D eigenvalue weighted by Gasteiger charge is 2.27. The largest absolute Gasteiger partial charge is 0.322 e. The zero-order chi connectivity index (χ0) is 20.4. The van der Waals surface area contributed by atoms with Crippen molar-refractivity contribution in [1.82, 2.24) is 15.1 Å². The lowest BCUT2D eigenvalue weighted by molar-refractivity contribution is 0.102. The number of amides is 1. The number of piperidine rings is 1. The van der Waals surface area contributed by atoms with Crippen LogP contribution in [0.1, 0.15) is 45.9 Å². The summed E-state index contributed by atoms with van der Waals surface area (Å²) >= 11 is 6.06. The summed E-state index contributed by atoms with van der Waals surface area (Å²) in [5, 5.41) is 11.7. The molecule has 1 saturated heterocycles. The van der Waals surface area contributed by atoms with E-state index in [0.29, 0.717) is 10.6 Å². The van der Waals surface area contributed by atoms with E-state index in [1.807, 2.05) is 54.1 Å². The van der Waals surface area contributed by atoms with E-state index < -0.39 is 0 Å². The number of carbonyl (C=O) groups is 1. The number of carbonyl (C=O) groups excluding carboxylic acids is 1. The second-order valence-corrected chi connectivity index (χ2v) is 8.05. The SMILES string of the molecule is Cc1ccc(NC(=O)c2cnn(-c3ccc(Cl)cc3)c2C2CCNCC2)cc1C.Cl.